The summed E-state index contributed by atoms with van der Waals surface area (Å²) in [5.74, 6) is 0.221. The number of ketones is 1. The molecule has 0 saturated carbocycles. The fourth-order valence-corrected chi connectivity index (χ4v) is 2.91. The maximum atomic E-state index is 12.4. The largest absolute Gasteiger partial charge is 0.488 e. The van der Waals surface area contributed by atoms with Crippen LogP contribution in [0.25, 0.3) is 6.08 Å². The van der Waals surface area contributed by atoms with Gasteiger partial charge in [0.1, 0.15) is 12.4 Å². The number of allylic oxidation sites excluding steroid dienone is 1. The number of carbonyl (C=O) groups excluding carboxylic acids is 2. The minimum absolute atomic E-state index is 0.0781. The van der Waals surface area contributed by atoms with Crippen molar-refractivity contribution in [3.63, 3.8) is 0 Å². The lowest BCUT2D eigenvalue weighted by molar-refractivity contribution is 0.0600. The Kier molecular flexibility index (Phi) is 6.98. The van der Waals surface area contributed by atoms with Gasteiger partial charge >= 0.3 is 5.97 Å². The van der Waals surface area contributed by atoms with E-state index in [1.54, 1.807) is 30.3 Å². The van der Waals surface area contributed by atoms with Crippen LogP contribution in [0, 0.1) is 0 Å². The van der Waals surface area contributed by atoms with Crippen LogP contribution in [-0.4, -0.2) is 18.9 Å². The Bertz CT molecular complexity index is 1020. The minimum Gasteiger partial charge on any atom is -0.488 e. The second-order valence-electron chi connectivity index (χ2n) is 6.22. The number of benzene rings is 3. The van der Waals surface area contributed by atoms with Gasteiger partial charge in [0.2, 0.25) is 0 Å². The number of carbonyl (C=O) groups is 2. The molecular weight excluding hydrogens is 432 g/mol. The van der Waals surface area contributed by atoms with Crippen molar-refractivity contribution in [3.05, 3.63) is 106 Å². The number of rotatable bonds is 7. The van der Waals surface area contributed by atoms with Gasteiger partial charge in [-0.05, 0) is 60.2 Å². The van der Waals surface area contributed by atoms with Gasteiger partial charge in [0.05, 0.1) is 12.7 Å². The monoisotopic (exact) mass is 450 g/mol. The van der Waals surface area contributed by atoms with Crippen molar-refractivity contribution in [1.82, 2.24) is 0 Å². The molecule has 0 saturated heterocycles. The highest BCUT2D eigenvalue weighted by molar-refractivity contribution is 9.10. The summed E-state index contributed by atoms with van der Waals surface area (Å²) < 4.78 is 11.5. The van der Waals surface area contributed by atoms with E-state index in [9.17, 15) is 9.59 Å². The Hall–Kier alpha value is -3.18. The molecule has 0 radical (unpaired) electrons. The Labute approximate surface area is 177 Å². The third-order valence-electron chi connectivity index (χ3n) is 4.23. The number of para-hydroxylation sites is 1. The molecule has 4 nitrogen and oxygen atoms in total. The fraction of sp³-hybridized carbons (Fsp3) is 0.0833. The molecule has 0 N–H and O–H groups in total. The summed E-state index contributed by atoms with van der Waals surface area (Å²) in [7, 11) is 1.35. The quantitative estimate of drug-likeness (QED) is 0.262. The number of methoxy groups -OCH3 is 1. The van der Waals surface area contributed by atoms with E-state index in [1.807, 2.05) is 48.5 Å². The van der Waals surface area contributed by atoms with Crippen LogP contribution >= 0.6 is 15.9 Å². The van der Waals surface area contributed by atoms with Crippen molar-refractivity contribution in [2.45, 2.75) is 6.61 Å². The molecule has 146 valence electrons. The van der Waals surface area contributed by atoms with Crippen LogP contribution in [0.15, 0.2) is 83.3 Å². The second kappa shape index (κ2) is 9.85. The maximum absolute atomic E-state index is 12.4. The van der Waals surface area contributed by atoms with Gasteiger partial charge in [0, 0.05) is 15.6 Å². The van der Waals surface area contributed by atoms with Crippen LogP contribution in [0.3, 0.4) is 0 Å². The standard InChI is InChI=1S/C24H19BrO4/c1-28-24(27)20-8-6-17(7-9-20)16-29-23-5-3-2-4-19(23)12-15-22(26)18-10-13-21(25)14-11-18/h2-15H,16H2,1H3/b15-12+. The van der Waals surface area contributed by atoms with Gasteiger partial charge in [-0.1, -0.05) is 46.3 Å². The molecule has 0 atom stereocenters. The van der Waals surface area contributed by atoms with Crippen molar-refractivity contribution in [3.8, 4) is 5.75 Å². The van der Waals surface area contributed by atoms with Crippen LogP contribution in [0.4, 0.5) is 0 Å². The summed E-state index contributed by atoms with van der Waals surface area (Å²) in [5, 5.41) is 0. The first-order valence-electron chi connectivity index (χ1n) is 8.94. The molecule has 0 aliphatic heterocycles. The lowest BCUT2D eigenvalue weighted by Crippen LogP contribution is -2.02. The zero-order valence-electron chi connectivity index (χ0n) is 15.8. The van der Waals surface area contributed by atoms with Gasteiger partial charge in [0.25, 0.3) is 0 Å². The Morgan fingerprint density at radius 2 is 1.55 bits per heavy atom. The molecule has 0 bridgehead atoms. The molecule has 3 rings (SSSR count). The number of esters is 1. The molecular formula is C24H19BrO4. The van der Waals surface area contributed by atoms with Gasteiger partial charge in [-0.25, -0.2) is 4.79 Å². The number of ether oxygens (including phenoxy) is 2. The Morgan fingerprint density at radius 1 is 0.897 bits per heavy atom. The highest BCUT2D eigenvalue weighted by atomic mass is 79.9. The van der Waals surface area contributed by atoms with E-state index in [0.29, 0.717) is 23.5 Å². The maximum Gasteiger partial charge on any atom is 0.337 e. The SMILES string of the molecule is COC(=O)c1ccc(COc2ccccc2/C=C/C(=O)c2ccc(Br)cc2)cc1. The lowest BCUT2D eigenvalue weighted by Gasteiger charge is -2.09. The summed E-state index contributed by atoms with van der Waals surface area (Å²) in [5.41, 5.74) is 2.84. The highest BCUT2D eigenvalue weighted by Crippen LogP contribution is 2.21. The Morgan fingerprint density at radius 3 is 2.24 bits per heavy atom. The smallest absolute Gasteiger partial charge is 0.337 e. The molecule has 5 heteroatoms. The van der Waals surface area contributed by atoms with Crippen LogP contribution in [0.5, 0.6) is 5.75 Å². The molecule has 0 unspecified atom stereocenters. The molecule has 29 heavy (non-hydrogen) atoms. The number of hydrogen-bond acceptors (Lipinski definition) is 4. The van der Waals surface area contributed by atoms with Crippen LogP contribution in [0.2, 0.25) is 0 Å². The van der Waals surface area contributed by atoms with E-state index >= 15 is 0 Å². The van der Waals surface area contributed by atoms with E-state index in [0.717, 1.165) is 15.6 Å². The molecule has 0 spiro atoms. The summed E-state index contributed by atoms with van der Waals surface area (Å²) in [6, 6.07) is 21.8. The first-order valence-corrected chi connectivity index (χ1v) is 9.73. The predicted molar refractivity (Wildman–Crippen MR) is 116 cm³/mol. The fourth-order valence-electron chi connectivity index (χ4n) is 2.64. The molecule has 0 heterocycles. The summed E-state index contributed by atoms with van der Waals surface area (Å²) in [6.07, 6.45) is 3.29. The topological polar surface area (TPSA) is 52.6 Å². The zero-order chi connectivity index (χ0) is 20.6. The third kappa shape index (κ3) is 5.65. The van der Waals surface area contributed by atoms with E-state index in [2.05, 4.69) is 15.9 Å². The third-order valence-corrected chi connectivity index (χ3v) is 4.76. The van der Waals surface area contributed by atoms with E-state index in [-0.39, 0.29) is 11.8 Å². The first-order chi connectivity index (χ1) is 14.1. The van der Waals surface area contributed by atoms with Crippen molar-refractivity contribution >= 4 is 33.8 Å². The molecule has 0 aliphatic carbocycles. The Balaban J connectivity index is 1.68. The van der Waals surface area contributed by atoms with Crippen molar-refractivity contribution in [2.75, 3.05) is 7.11 Å². The van der Waals surface area contributed by atoms with Gasteiger partial charge in [0.15, 0.2) is 5.78 Å². The normalized spacial score (nSPS) is 10.7. The number of halogens is 1. The van der Waals surface area contributed by atoms with Gasteiger partial charge in [-0.15, -0.1) is 0 Å². The predicted octanol–water partition coefficient (Wildman–Crippen LogP) is 5.71. The summed E-state index contributed by atoms with van der Waals surface area (Å²) in [4.78, 5) is 23.9. The highest BCUT2D eigenvalue weighted by Gasteiger charge is 2.06. The summed E-state index contributed by atoms with van der Waals surface area (Å²) >= 11 is 3.36. The average molecular weight is 451 g/mol. The zero-order valence-corrected chi connectivity index (χ0v) is 17.4. The molecule has 0 amide bonds. The lowest BCUT2D eigenvalue weighted by atomic mass is 10.1. The van der Waals surface area contributed by atoms with Crippen molar-refractivity contribution in [2.24, 2.45) is 0 Å². The first kappa shape index (κ1) is 20.6. The van der Waals surface area contributed by atoms with Gasteiger partial charge < -0.3 is 9.47 Å². The minimum atomic E-state index is -0.372. The van der Waals surface area contributed by atoms with Gasteiger partial charge in [-0.2, -0.15) is 0 Å². The van der Waals surface area contributed by atoms with Crippen molar-refractivity contribution in [1.29, 1.82) is 0 Å². The van der Waals surface area contributed by atoms with Gasteiger partial charge in [-0.3, -0.25) is 4.79 Å². The van der Waals surface area contributed by atoms with E-state index < -0.39 is 0 Å². The molecule has 0 aliphatic rings. The molecule has 3 aromatic carbocycles. The van der Waals surface area contributed by atoms with Crippen LogP contribution in [-0.2, 0) is 11.3 Å². The van der Waals surface area contributed by atoms with Crippen molar-refractivity contribution < 1.29 is 19.1 Å². The average Bonchev–Trinajstić information content (AvgIpc) is 2.77. The van der Waals surface area contributed by atoms with Crippen LogP contribution in [0.1, 0.15) is 31.8 Å². The molecule has 0 aromatic heterocycles. The summed E-state index contributed by atoms with van der Waals surface area (Å²) in [6.45, 7) is 0.340. The van der Waals surface area contributed by atoms with E-state index in [4.69, 9.17) is 9.47 Å². The van der Waals surface area contributed by atoms with Crippen LogP contribution < -0.4 is 4.74 Å². The van der Waals surface area contributed by atoms with E-state index in [1.165, 1.54) is 13.2 Å². The number of hydrogen-bond donors (Lipinski definition) is 0. The molecule has 0 fully saturated rings. The second-order valence-corrected chi connectivity index (χ2v) is 7.14. The molecule has 3 aromatic rings.